The topological polar surface area (TPSA) is 98.5 Å². The van der Waals surface area contributed by atoms with Gasteiger partial charge in [-0.2, -0.15) is 0 Å². The predicted molar refractivity (Wildman–Crippen MR) is 107 cm³/mol. The van der Waals surface area contributed by atoms with Gasteiger partial charge in [-0.25, -0.2) is 0 Å². The molecule has 3 N–H and O–H groups in total. The standard InChI is InChI=1S/C21H23ClN2O4/c1-3-13(2)19(21(23)27)24-18(25)12-28-17-10-6-15(7-11-17)20(26)14-4-8-16(22)9-5-14/h4-11,13,19H,3,12H2,1-2H3,(H2,23,27)(H,24,25). The van der Waals surface area contributed by atoms with Crippen LogP contribution in [0.3, 0.4) is 0 Å². The molecular formula is C21H23ClN2O4. The van der Waals surface area contributed by atoms with Crippen molar-refractivity contribution in [3.8, 4) is 5.75 Å². The molecule has 2 atom stereocenters. The van der Waals surface area contributed by atoms with E-state index >= 15 is 0 Å². The Morgan fingerprint density at radius 2 is 1.57 bits per heavy atom. The van der Waals surface area contributed by atoms with E-state index in [4.69, 9.17) is 22.1 Å². The highest BCUT2D eigenvalue weighted by molar-refractivity contribution is 6.30. The van der Waals surface area contributed by atoms with Crippen LogP contribution in [-0.4, -0.2) is 30.2 Å². The summed E-state index contributed by atoms with van der Waals surface area (Å²) in [4.78, 5) is 35.9. The first-order valence-corrected chi connectivity index (χ1v) is 9.31. The summed E-state index contributed by atoms with van der Waals surface area (Å²) in [6, 6.07) is 12.4. The maximum Gasteiger partial charge on any atom is 0.258 e. The monoisotopic (exact) mass is 402 g/mol. The first kappa shape index (κ1) is 21.4. The molecule has 0 aliphatic heterocycles. The molecule has 0 aliphatic carbocycles. The Balaban J connectivity index is 1.93. The summed E-state index contributed by atoms with van der Waals surface area (Å²) in [7, 11) is 0. The molecule has 28 heavy (non-hydrogen) atoms. The zero-order chi connectivity index (χ0) is 20.7. The summed E-state index contributed by atoms with van der Waals surface area (Å²) >= 11 is 5.83. The van der Waals surface area contributed by atoms with Crippen molar-refractivity contribution in [2.75, 3.05) is 6.61 Å². The molecule has 6 nitrogen and oxygen atoms in total. The van der Waals surface area contributed by atoms with Crippen LogP contribution in [0.15, 0.2) is 48.5 Å². The van der Waals surface area contributed by atoms with Crippen molar-refractivity contribution in [1.29, 1.82) is 0 Å². The molecule has 0 fully saturated rings. The van der Waals surface area contributed by atoms with Crippen molar-refractivity contribution in [1.82, 2.24) is 5.32 Å². The van der Waals surface area contributed by atoms with Crippen LogP contribution >= 0.6 is 11.6 Å². The van der Waals surface area contributed by atoms with Crippen molar-refractivity contribution < 1.29 is 19.1 Å². The number of hydrogen-bond acceptors (Lipinski definition) is 4. The molecule has 0 heterocycles. The van der Waals surface area contributed by atoms with E-state index in [2.05, 4.69) is 5.32 Å². The molecule has 0 aliphatic rings. The van der Waals surface area contributed by atoms with Crippen molar-refractivity contribution in [2.24, 2.45) is 11.7 Å². The van der Waals surface area contributed by atoms with E-state index < -0.39 is 17.9 Å². The minimum atomic E-state index is -0.736. The van der Waals surface area contributed by atoms with Crippen molar-refractivity contribution in [3.63, 3.8) is 0 Å². The second kappa shape index (κ2) is 9.90. The molecule has 2 amide bonds. The number of ether oxygens (including phenoxy) is 1. The molecule has 0 radical (unpaired) electrons. The lowest BCUT2D eigenvalue weighted by molar-refractivity contribution is -0.129. The normalized spacial score (nSPS) is 12.7. The number of ketones is 1. The van der Waals surface area contributed by atoms with E-state index in [1.54, 1.807) is 48.5 Å². The highest BCUT2D eigenvalue weighted by Gasteiger charge is 2.23. The predicted octanol–water partition coefficient (Wildman–Crippen LogP) is 2.97. The fraction of sp³-hybridized carbons (Fsp3) is 0.286. The molecular weight excluding hydrogens is 380 g/mol. The minimum absolute atomic E-state index is 0.0698. The zero-order valence-corrected chi connectivity index (χ0v) is 16.5. The van der Waals surface area contributed by atoms with Gasteiger partial charge in [0.15, 0.2) is 12.4 Å². The number of nitrogens with one attached hydrogen (secondary N) is 1. The largest absolute Gasteiger partial charge is 0.484 e. The number of carbonyl (C=O) groups is 3. The summed E-state index contributed by atoms with van der Waals surface area (Å²) < 4.78 is 5.43. The Morgan fingerprint density at radius 3 is 2.07 bits per heavy atom. The molecule has 0 saturated carbocycles. The molecule has 0 aromatic heterocycles. The quantitative estimate of drug-likeness (QED) is 0.630. The van der Waals surface area contributed by atoms with Gasteiger partial charge in [0.1, 0.15) is 11.8 Å². The van der Waals surface area contributed by atoms with Crippen molar-refractivity contribution in [3.05, 3.63) is 64.7 Å². The molecule has 0 spiro atoms. The third kappa shape index (κ3) is 5.82. The highest BCUT2D eigenvalue weighted by atomic mass is 35.5. The first-order valence-electron chi connectivity index (χ1n) is 8.93. The molecule has 2 aromatic rings. The van der Waals surface area contributed by atoms with Gasteiger partial charge in [0.05, 0.1) is 0 Å². The number of nitrogens with two attached hydrogens (primary N) is 1. The second-order valence-electron chi connectivity index (χ2n) is 6.48. The molecule has 0 saturated heterocycles. The van der Waals surface area contributed by atoms with Gasteiger partial charge in [0, 0.05) is 16.1 Å². The lowest BCUT2D eigenvalue weighted by Gasteiger charge is -2.21. The average Bonchev–Trinajstić information content (AvgIpc) is 2.70. The van der Waals surface area contributed by atoms with E-state index in [9.17, 15) is 14.4 Å². The number of hydrogen-bond donors (Lipinski definition) is 2. The van der Waals surface area contributed by atoms with Crippen molar-refractivity contribution >= 4 is 29.2 Å². The lowest BCUT2D eigenvalue weighted by atomic mass is 9.99. The molecule has 148 valence electrons. The molecule has 7 heteroatoms. The number of primary amides is 1. The Bertz CT molecular complexity index is 834. The Kier molecular flexibility index (Phi) is 7.58. The third-order valence-corrected chi connectivity index (χ3v) is 4.68. The Labute approximate surface area is 169 Å². The fourth-order valence-corrected chi connectivity index (χ4v) is 2.69. The Morgan fingerprint density at radius 1 is 1.04 bits per heavy atom. The van der Waals surface area contributed by atoms with Crippen LogP contribution in [0.2, 0.25) is 5.02 Å². The number of benzene rings is 2. The van der Waals surface area contributed by atoms with Crippen LogP contribution in [0.4, 0.5) is 0 Å². The Hall–Kier alpha value is -2.86. The van der Waals surface area contributed by atoms with Crippen LogP contribution < -0.4 is 15.8 Å². The molecule has 2 unspecified atom stereocenters. The van der Waals surface area contributed by atoms with Gasteiger partial charge in [-0.1, -0.05) is 31.9 Å². The SMILES string of the molecule is CCC(C)C(NC(=O)COc1ccc(C(=O)c2ccc(Cl)cc2)cc1)C(N)=O. The summed E-state index contributed by atoms with van der Waals surface area (Å²) in [6.45, 7) is 3.49. The second-order valence-corrected chi connectivity index (χ2v) is 6.92. The maximum absolute atomic E-state index is 12.4. The number of carbonyl (C=O) groups excluding carboxylic acids is 3. The van der Waals surface area contributed by atoms with Crippen LogP contribution in [-0.2, 0) is 9.59 Å². The highest BCUT2D eigenvalue weighted by Crippen LogP contribution is 2.17. The van der Waals surface area contributed by atoms with E-state index in [1.165, 1.54) is 0 Å². The van der Waals surface area contributed by atoms with Gasteiger partial charge in [-0.05, 0) is 54.4 Å². The van der Waals surface area contributed by atoms with Gasteiger partial charge in [-0.15, -0.1) is 0 Å². The van der Waals surface area contributed by atoms with E-state index in [-0.39, 0.29) is 18.3 Å². The number of rotatable bonds is 9. The fourth-order valence-electron chi connectivity index (χ4n) is 2.56. The molecule has 0 bridgehead atoms. The van der Waals surface area contributed by atoms with Crippen LogP contribution in [0, 0.1) is 5.92 Å². The van der Waals surface area contributed by atoms with Crippen molar-refractivity contribution in [2.45, 2.75) is 26.3 Å². The van der Waals surface area contributed by atoms with Gasteiger partial charge in [0.2, 0.25) is 5.91 Å². The first-order chi connectivity index (χ1) is 13.3. The van der Waals surface area contributed by atoms with Gasteiger partial charge in [0.25, 0.3) is 5.91 Å². The van der Waals surface area contributed by atoms with Gasteiger partial charge in [-0.3, -0.25) is 14.4 Å². The summed E-state index contributed by atoms with van der Waals surface area (Å²) in [5.74, 6) is -0.793. The van der Waals surface area contributed by atoms with Gasteiger partial charge >= 0.3 is 0 Å². The van der Waals surface area contributed by atoms with Crippen LogP contribution in [0.1, 0.15) is 36.2 Å². The summed E-state index contributed by atoms with van der Waals surface area (Å²) in [6.07, 6.45) is 0.706. The third-order valence-electron chi connectivity index (χ3n) is 4.43. The summed E-state index contributed by atoms with van der Waals surface area (Å²) in [5.41, 5.74) is 6.35. The molecule has 2 rings (SSSR count). The minimum Gasteiger partial charge on any atom is -0.484 e. The van der Waals surface area contributed by atoms with E-state index in [0.717, 1.165) is 0 Å². The van der Waals surface area contributed by atoms with E-state index in [0.29, 0.717) is 28.3 Å². The summed E-state index contributed by atoms with van der Waals surface area (Å²) in [5, 5.41) is 3.15. The number of halogens is 1. The smallest absolute Gasteiger partial charge is 0.258 e. The molecule has 2 aromatic carbocycles. The maximum atomic E-state index is 12.4. The van der Waals surface area contributed by atoms with Gasteiger partial charge < -0.3 is 15.8 Å². The lowest BCUT2D eigenvalue weighted by Crippen LogP contribution is -2.49. The van der Waals surface area contributed by atoms with Crippen LogP contribution in [0.5, 0.6) is 5.75 Å². The zero-order valence-electron chi connectivity index (χ0n) is 15.8. The van der Waals surface area contributed by atoms with E-state index in [1.807, 2.05) is 13.8 Å². The average molecular weight is 403 g/mol. The van der Waals surface area contributed by atoms with Crippen LogP contribution in [0.25, 0.3) is 0 Å². The number of amides is 2.